The van der Waals surface area contributed by atoms with Crippen LogP contribution in [0.2, 0.25) is 0 Å². The Morgan fingerprint density at radius 1 is 1.26 bits per heavy atom. The average molecular weight is 361 g/mol. The van der Waals surface area contributed by atoms with Crippen LogP contribution in [0.15, 0.2) is 24.7 Å². The number of methoxy groups -OCH3 is 1. The molecule has 0 aliphatic carbocycles. The van der Waals surface area contributed by atoms with Crippen molar-refractivity contribution in [1.29, 1.82) is 10.5 Å². The number of aromatic nitrogens is 4. The fourth-order valence-electron chi connectivity index (χ4n) is 3.86. The van der Waals surface area contributed by atoms with Crippen LogP contribution in [-0.2, 0) is 0 Å². The van der Waals surface area contributed by atoms with E-state index in [0.717, 1.165) is 23.2 Å². The Morgan fingerprint density at radius 2 is 2.07 bits per heavy atom. The minimum atomic E-state index is 0.175. The fourth-order valence-corrected chi connectivity index (χ4v) is 3.86. The van der Waals surface area contributed by atoms with E-state index in [4.69, 9.17) is 4.74 Å². The molecule has 0 saturated carbocycles. The molecule has 2 atom stereocenters. The average Bonchev–Trinajstić information content (AvgIpc) is 3.36. The molecule has 8 heteroatoms. The van der Waals surface area contributed by atoms with Gasteiger partial charge in [-0.3, -0.25) is 4.68 Å². The predicted molar refractivity (Wildman–Crippen MR) is 97.9 cm³/mol. The van der Waals surface area contributed by atoms with Gasteiger partial charge in [0.15, 0.2) is 6.19 Å². The van der Waals surface area contributed by atoms with Crippen LogP contribution in [0, 0.1) is 29.7 Å². The summed E-state index contributed by atoms with van der Waals surface area (Å²) in [6.07, 6.45) is 8.40. The van der Waals surface area contributed by atoms with Gasteiger partial charge in [-0.2, -0.15) is 20.7 Å². The molecule has 1 aliphatic heterocycles. The quantitative estimate of drug-likeness (QED) is 0.665. The monoisotopic (exact) mass is 361 g/mol. The molecule has 1 saturated heterocycles. The zero-order valence-corrected chi connectivity index (χ0v) is 15.4. The normalized spacial score (nSPS) is 19.2. The van der Waals surface area contributed by atoms with E-state index in [1.54, 1.807) is 16.5 Å². The van der Waals surface area contributed by atoms with Crippen LogP contribution in [0.1, 0.15) is 30.6 Å². The van der Waals surface area contributed by atoms with Crippen molar-refractivity contribution in [2.45, 2.75) is 32.4 Å². The molecule has 4 heterocycles. The van der Waals surface area contributed by atoms with Crippen LogP contribution >= 0.6 is 0 Å². The molecule has 0 radical (unpaired) electrons. The molecule has 27 heavy (non-hydrogen) atoms. The van der Waals surface area contributed by atoms with E-state index in [2.05, 4.69) is 29.4 Å². The second kappa shape index (κ2) is 6.33. The third kappa shape index (κ3) is 2.58. The maximum atomic E-state index is 9.26. The summed E-state index contributed by atoms with van der Waals surface area (Å²) in [4.78, 5) is 1.80. The van der Waals surface area contributed by atoms with Gasteiger partial charge in [0.1, 0.15) is 22.9 Å². The van der Waals surface area contributed by atoms with Crippen LogP contribution in [0.3, 0.4) is 0 Å². The topological polar surface area (TPSA) is 95.2 Å². The van der Waals surface area contributed by atoms with Crippen LogP contribution < -0.4 is 4.74 Å². The second-order valence-electron chi connectivity index (χ2n) is 6.84. The number of rotatable bonds is 3. The molecule has 3 aromatic rings. The second-order valence-corrected chi connectivity index (χ2v) is 6.84. The standard InChI is InChI=1S/C19H19N7O/c1-12-4-16(10-24(12)11-21)26-13(2)17(8-23-26)14-5-18(27-3)19-15(6-20)7-22-25(19)9-14/h5,7-9,12,16H,4,10H2,1-3H3/t12-,16?/m0/s1. The molecule has 0 aromatic carbocycles. The highest BCUT2D eigenvalue weighted by Crippen LogP contribution is 2.34. The van der Waals surface area contributed by atoms with E-state index in [0.29, 0.717) is 23.4 Å². The molecular weight excluding hydrogens is 342 g/mol. The number of likely N-dealkylation sites (tertiary alicyclic amines) is 1. The van der Waals surface area contributed by atoms with Gasteiger partial charge < -0.3 is 9.64 Å². The molecule has 8 nitrogen and oxygen atoms in total. The first-order valence-electron chi connectivity index (χ1n) is 8.73. The number of hydrogen-bond acceptors (Lipinski definition) is 6. The third-order valence-corrected chi connectivity index (χ3v) is 5.30. The van der Waals surface area contributed by atoms with Gasteiger partial charge in [0, 0.05) is 29.1 Å². The number of fused-ring (bicyclic) bond motifs is 1. The SMILES string of the molecule is COc1cc(-c2cnn(C3C[C@H](C)N(C#N)C3)c2C)cn2ncc(C#N)c12. The molecule has 3 aromatic heterocycles. The summed E-state index contributed by atoms with van der Waals surface area (Å²) in [6, 6.07) is 4.44. The lowest BCUT2D eigenvalue weighted by molar-refractivity contribution is 0.378. The minimum Gasteiger partial charge on any atom is -0.494 e. The molecule has 0 amide bonds. The van der Waals surface area contributed by atoms with Crippen molar-refractivity contribution < 1.29 is 4.74 Å². The molecule has 0 N–H and O–H groups in total. The van der Waals surface area contributed by atoms with Gasteiger partial charge in [-0.15, -0.1) is 0 Å². The first kappa shape index (κ1) is 16.9. The Labute approximate surface area is 156 Å². The molecular formula is C19H19N7O. The first-order valence-corrected chi connectivity index (χ1v) is 8.73. The molecule has 0 bridgehead atoms. The Bertz CT molecular complexity index is 1100. The van der Waals surface area contributed by atoms with Crippen molar-refractivity contribution in [2.75, 3.05) is 13.7 Å². The van der Waals surface area contributed by atoms with Crippen molar-refractivity contribution in [1.82, 2.24) is 24.3 Å². The van der Waals surface area contributed by atoms with E-state index in [9.17, 15) is 10.5 Å². The Balaban J connectivity index is 1.76. The van der Waals surface area contributed by atoms with Crippen LogP contribution in [0.4, 0.5) is 0 Å². The zero-order chi connectivity index (χ0) is 19.1. The van der Waals surface area contributed by atoms with Gasteiger partial charge in [0.05, 0.1) is 32.1 Å². The number of nitrogens with zero attached hydrogens (tertiary/aromatic N) is 7. The van der Waals surface area contributed by atoms with E-state index in [1.165, 1.54) is 6.20 Å². The number of pyridine rings is 1. The Morgan fingerprint density at radius 3 is 2.74 bits per heavy atom. The summed E-state index contributed by atoms with van der Waals surface area (Å²) in [5.41, 5.74) is 4.05. The fraction of sp³-hybridized carbons (Fsp3) is 0.368. The molecule has 1 unspecified atom stereocenters. The predicted octanol–water partition coefficient (Wildman–Crippen LogP) is 2.50. The number of ether oxygens (including phenoxy) is 1. The lowest BCUT2D eigenvalue weighted by Gasteiger charge is -2.13. The summed E-state index contributed by atoms with van der Waals surface area (Å²) in [6.45, 7) is 4.77. The van der Waals surface area contributed by atoms with Gasteiger partial charge in [-0.1, -0.05) is 0 Å². The lowest BCUT2D eigenvalue weighted by Crippen LogP contribution is -2.21. The van der Waals surface area contributed by atoms with E-state index in [-0.39, 0.29) is 12.1 Å². The van der Waals surface area contributed by atoms with Gasteiger partial charge in [-0.05, 0) is 26.3 Å². The van der Waals surface area contributed by atoms with Crippen LogP contribution in [0.5, 0.6) is 5.75 Å². The molecule has 136 valence electrons. The smallest absolute Gasteiger partial charge is 0.179 e. The maximum Gasteiger partial charge on any atom is 0.179 e. The molecule has 1 fully saturated rings. The molecule has 4 rings (SSSR count). The van der Waals surface area contributed by atoms with E-state index < -0.39 is 0 Å². The van der Waals surface area contributed by atoms with Gasteiger partial charge in [0.25, 0.3) is 0 Å². The lowest BCUT2D eigenvalue weighted by atomic mass is 10.1. The third-order valence-electron chi connectivity index (χ3n) is 5.30. The summed E-state index contributed by atoms with van der Waals surface area (Å²) in [7, 11) is 1.58. The zero-order valence-electron chi connectivity index (χ0n) is 15.4. The summed E-state index contributed by atoms with van der Waals surface area (Å²) < 4.78 is 9.17. The highest BCUT2D eigenvalue weighted by atomic mass is 16.5. The largest absolute Gasteiger partial charge is 0.494 e. The van der Waals surface area contributed by atoms with Crippen molar-refractivity contribution in [3.8, 4) is 29.1 Å². The molecule has 1 aliphatic rings. The Kier molecular flexibility index (Phi) is 3.97. The van der Waals surface area contributed by atoms with Gasteiger partial charge in [-0.25, -0.2) is 4.52 Å². The Hall–Kier alpha value is -3.52. The molecule has 0 spiro atoms. The summed E-state index contributed by atoms with van der Waals surface area (Å²) in [5.74, 6) is 0.596. The van der Waals surface area contributed by atoms with Crippen molar-refractivity contribution in [2.24, 2.45) is 0 Å². The number of nitriles is 2. The first-order chi connectivity index (χ1) is 13.1. The van der Waals surface area contributed by atoms with Crippen molar-refractivity contribution in [3.05, 3.63) is 35.9 Å². The summed E-state index contributed by atoms with van der Waals surface area (Å²) in [5, 5.41) is 27.4. The number of hydrogen-bond donors (Lipinski definition) is 0. The van der Waals surface area contributed by atoms with E-state index >= 15 is 0 Å². The maximum absolute atomic E-state index is 9.26. The van der Waals surface area contributed by atoms with E-state index in [1.807, 2.05) is 30.1 Å². The highest BCUT2D eigenvalue weighted by Gasteiger charge is 2.31. The van der Waals surface area contributed by atoms with Gasteiger partial charge >= 0.3 is 0 Å². The summed E-state index contributed by atoms with van der Waals surface area (Å²) >= 11 is 0. The van der Waals surface area contributed by atoms with Crippen LogP contribution in [-0.4, -0.2) is 44.0 Å². The van der Waals surface area contributed by atoms with Crippen LogP contribution in [0.25, 0.3) is 16.6 Å². The minimum absolute atomic E-state index is 0.175. The van der Waals surface area contributed by atoms with Gasteiger partial charge in [0.2, 0.25) is 0 Å². The van der Waals surface area contributed by atoms with Crippen molar-refractivity contribution >= 4 is 5.52 Å². The highest BCUT2D eigenvalue weighted by molar-refractivity contribution is 5.75. The van der Waals surface area contributed by atoms with Crippen molar-refractivity contribution in [3.63, 3.8) is 0 Å².